The summed E-state index contributed by atoms with van der Waals surface area (Å²) >= 11 is 0. The van der Waals surface area contributed by atoms with Crippen LogP contribution in [0.4, 0.5) is 0 Å². The molecule has 0 spiro atoms. The van der Waals surface area contributed by atoms with E-state index in [0.717, 1.165) is 25.2 Å². The van der Waals surface area contributed by atoms with E-state index in [4.69, 9.17) is 5.11 Å². The maximum absolute atomic E-state index is 11.6. The maximum atomic E-state index is 11.6. The lowest BCUT2D eigenvalue weighted by Crippen LogP contribution is -2.31. The zero-order chi connectivity index (χ0) is 18.5. The maximum Gasteiger partial charge on any atom is 0.354 e. The molecule has 0 fully saturated rings. The lowest BCUT2D eigenvalue weighted by molar-refractivity contribution is -0.176. The monoisotopic (exact) mass is 344 g/mol. The molecule has 6 nitrogen and oxygen atoms in total. The molecule has 2 unspecified atom stereocenters. The van der Waals surface area contributed by atoms with E-state index in [2.05, 4.69) is 23.3 Å². The minimum Gasteiger partial charge on any atom is -0.449 e. The van der Waals surface area contributed by atoms with Crippen molar-refractivity contribution < 1.29 is 29.0 Å². The third kappa shape index (κ3) is 12.0. The predicted molar refractivity (Wildman–Crippen MR) is 90.1 cm³/mol. The van der Waals surface area contributed by atoms with E-state index in [9.17, 15) is 14.4 Å². The highest BCUT2D eigenvalue weighted by Gasteiger charge is 2.23. The van der Waals surface area contributed by atoms with Crippen LogP contribution < -0.4 is 0 Å². The van der Waals surface area contributed by atoms with Crippen molar-refractivity contribution in [1.29, 1.82) is 0 Å². The average molecular weight is 344 g/mol. The molecule has 0 saturated heterocycles. The Hall–Kier alpha value is -1.43. The van der Waals surface area contributed by atoms with E-state index >= 15 is 0 Å². The molecule has 0 aromatic carbocycles. The SMILES string of the molecule is CC(C)CCCCCCCCC(=O)OC(=O)C(C)OC(=O)C(C)O. The summed E-state index contributed by atoms with van der Waals surface area (Å²) in [7, 11) is 0. The Morgan fingerprint density at radius 1 is 0.833 bits per heavy atom. The second-order valence-corrected chi connectivity index (χ2v) is 6.60. The van der Waals surface area contributed by atoms with Crippen LogP contribution in [0.5, 0.6) is 0 Å². The molecule has 0 amide bonds. The van der Waals surface area contributed by atoms with Gasteiger partial charge in [0.15, 0.2) is 6.10 Å². The van der Waals surface area contributed by atoms with Crippen LogP contribution in [0.1, 0.15) is 79.1 Å². The van der Waals surface area contributed by atoms with Gasteiger partial charge in [0.05, 0.1) is 0 Å². The van der Waals surface area contributed by atoms with Gasteiger partial charge >= 0.3 is 17.9 Å². The van der Waals surface area contributed by atoms with Crippen LogP contribution in [0.25, 0.3) is 0 Å². The molecule has 1 N–H and O–H groups in total. The summed E-state index contributed by atoms with van der Waals surface area (Å²) in [6.45, 7) is 6.97. The van der Waals surface area contributed by atoms with Crippen molar-refractivity contribution in [3.8, 4) is 0 Å². The van der Waals surface area contributed by atoms with E-state index in [1.54, 1.807) is 0 Å². The van der Waals surface area contributed by atoms with E-state index < -0.39 is 30.1 Å². The number of aliphatic hydroxyl groups is 1. The standard InChI is InChI=1S/C18H32O6/c1-13(2)11-9-7-5-6-8-10-12-16(20)24-18(22)15(4)23-17(21)14(3)19/h13-15,19H,5-12H2,1-4H3. The predicted octanol–water partition coefficient (Wildman–Crippen LogP) is 3.15. The highest BCUT2D eigenvalue weighted by Crippen LogP contribution is 2.12. The van der Waals surface area contributed by atoms with Crippen molar-refractivity contribution in [2.45, 2.75) is 91.3 Å². The molecule has 0 aliphatic carbocycles. The van der Waals surface area contributed by atoms with Crippen molar-refractivity contribution >= 4 is 17.9 Å². The van der Waals surface area contributed by atoms with Gasteiger partial charge in [0.2, 0.25) is 0 Å². The van der Waals surface area contributed by atoms with Crippen molar-refractivity contribution in [3.05, 3.63) is 0 Å². The molecule has 2 atom stereocenters. The molecule has 0 bridgehead atoms. The average Bonchev–Trinajstić information content (AvgIpc) is 2.49. The highest BCUT2D eigenvalue weighted by molar-refractivity contribution is 5.89. The van der Waals surface area contributed by atoms with Crippen molar-refractivity contribution in [2.75, 3.05) is 0 Å². The third-order valence-electron chi connectivity index (χ3n) is 3.59. The third-order valence-corrected chi connectivity index (χ3v) is 3.59. The zero-order valence-electron chi connectivity index (χ0n) is 15.4. The molecular weight excluding hydrogens is 312 g/mol. The molecule has 0 aliphatic rings. The van der Waals surface area contributed by atoms with Crippen LogP contribution >= 0.6 is 0 Å². The zero-order valence-corrected chi connectivity index (χ0v) is 15.4. The molecule has 140 valence electrons. The van der Waals surface area contributed by atoms with Gasteiger partial charge in [-0.1, -0.05) is 52.4 Å². The lowest BCUT2D eigenvalue weighted by atomic mass is 10.0. The summed E-state index contributed by atoms with van der Waals surface area (Å²) in [5, 5.41) is 8.99. The van der Waals surface area contributed by atoms with Crippen LogP contribution in [0, 0.1) is 5.92 Å². The lowest BCUT2D eigenvalue weighted by Gasteiger charge is -2.12. The molecule has 6 heteroatoms. The molecule has 24 heavy (non-hydrogen) atoms. The van der Waals surface area contributed by atoms with Gasteiger partial charge < -0.3 is 14.6 Å². The van der Waals surface area contributed by atoms with Gasteiger partial charge in [-0.2, -0.15) is 0 Å². The van der Waals surface area contributed by atoms with Gasteiger partial charge in [-0.05, 0) is 26.2 Å². The summed E-state index contributed by atoms with van der Waals surface area (Å²) in [5.74, 6) is -1.70. The Kier molecular flexibility index (Phi) is 12.2. The summed E-state index contributed by atoms with van der Waals surface area (Å²) in [6.07, 6.45) is 5.20. The van der Waals surface area contributed by atoms with Gasteiger partial charge in [0, 0.05) is 6.42 Å². The molecule has 0 saturated carbocycles. The van der Waals surface area contributed by atoms with Crippen molar-refractivity contribution in [3.63, 3.8) is 0 Å². The van der Waals surface area contributed by atoms with Crippen LogP contribution in [0.15, 0.2) is 0 Å². The second kappa shape index (κ2) is 12.9. The fourth-order valence-electron chi connectivity index (χ4n) is 2.10. The molecule has 0 aliphatic heterocycles. The van der Waals surface area contributed by atoms with Crippen molar-refractivity contribution in [1.82, 2.24) is 0 Å². The number of unbranched alkanes of at least 4 members (excludes halogenated alkanes) is 5. The fraction of sp³-hybridized carbons (Fsp3) is 0.833. The normalized spacial score (nSPS) is 13.4. The van der Waals surface area contributed by atoms with E-state index in [1.807, 2.05) is 0 Å². The smallest absolute Gasteiger partial charge is 0.354 e. The summed E-state index contributed by atoms with van der Waals surface area (Å²) in [4.78, 5) is 34.3. The van der Waals surface area contributed by atoms with Gasteiger partial charge in [-0.15, -0.1) is 0 Å². The Morgan fingerprint density at radius 3 is 1.92 bits per heavy atom. The Balaban J connectivity index is 3.71. The molecule has 0 radical (unpaired) electrons. The van der Waals surface area contributed by atoms with Crippen LogP contribution in [0.2, 0.25) is 0 Å². The van der Waals surface area contributed by atoms with Gasteiger partial charge in [-0.3, -0.25) is 4.79 Å². The number of hydrogen-bond acceptors (Lipinski definition) is 6. The highest BCUT2D eigenvalue weighted by atomic mass is 16.6. The minimum atomic E-state index is -1.32. The first-order valence-corrected chi connectivity index (χ1v) is 8.87. The van der Waals surface area contributed by atoms with E-state index in [0.29, 0.717) is 6.42 Å². The van der Waals surface area contributed by atoms with Crippen LogP contribution in [-0.4, -0.2) is 35.2 Å². The first-order valence-electron chi connectivity index (χ1n) is 8.87. The number of carbonyl (C=O) groups excluding carboxylic acids is 3. The number of ether oxygens (including phenoxy) is 2. The first-order chi connectivity index (χ1) is 11.2. The second-order valence-electron chi connectivity index (χ2n) is 6.60. The molecule has 0 rings (SSSR count). The number of esters is 3. The van der Waals surface area contributed by atoms with E-state index in [1.165, 1.54) is 33.1 Å². The minimum absolute atomic E-state index is 0.175. The Bertz CT molecular complexity index is 389. The van der Waals surface area contributed by atoms with Gasteiger partial charge in [-0.25, -0.2) is 9.59 Å². The van der Waals surface area contributed by atoms with Gasteiger partial charge in [0.25, 0.3) is 0 Å². The Labute approximate surface area is 144 Å². The van der Waals surface area contributed by atoms with Gasteiger partial charge in [0.1, 0.15) is 6.10 Å². The topological polar surface area (TPSA) is 89.9 Å². The molecular formula is C18H32O6. The van der Waals surface area contributed by atoms with Crippen LogP contribution in [-0.2, 0) is 23.9 Å². The molecule has 0 aromatic rings. The number of aliphatic hydroxyl groups excluding tert-OH is 1. The quantitative estimate of drug-likeness (QED) is 0.332. The molecule has 0 heterocycles. The number of rotatable bonds is 12. The number of hydrogen-bond donors (Lipinski definition) is 1. The largest absolute Gasteiger partial charge is 0.449 e. The van der Waals surface area contributed by atoms with E-state index in [-0.39, 0.29) is 6.42 Å². The Morgan fingerprint density at radius 2 is 1.38 bits per heavy atom. The van der Waals surface area contributed by atoms with Crippen LogP contribution in [0.3, 0.4) is 0 Å². The summed E-state index contributed by atoms with van der Waals surface area (Å²) in [6, 6.07) is 0. The first kappa shape index (κ1) is 22.6. The molecule has 0 aromatic heterocycles. The summed E-state index contributed by atoms with van der Waals surface area (Å²) in [5.41, 5.74) is 0. The number of carbonyl (C=O) groups is 3. The summed E-state index contributed by atoms with van der Waals surface area (Å²) < 4.78 is 9.28. The fourth-order valence-corrected chi connectivity index (χ4v) is 2.10. The van der Waals surface area contributed by atoms with Crippen molar-refractivity contribution in [2.24, 2.45) is 5.92 Å².